The lowest BCUT2D eigenvalue weighted by molar-refractivity contribution is 0.276. The average molecular weight is 270 g/mol. The number of hydrogen-bond acceptors (Lipinski definition) is 2. The molecule has 0 radical (unpaired) electrons. The Morgan fingerprint density at radius 2 is 1.76 bits per heavy atom. The van der Waals surface area contributed by atoms with Gasteiger partial charge in [-0.05, 0) is 24.3 Å². The third-order valence-electron chi connectivity index (χ3n) is 2.37. The Morgan fingerprint density at radius 3 is 2.29 bits per heavy atom. The molecule has 0 saturated heterocycles. The van der Waals surface area contributed by atoms with Crippen molar-refractivity contribution < 1.29 is 5.11 Å². The SMILES string of the molecule is O=c1[nH]c(CO)ccc1-c1c(Cl)cccc1Cl. The smallest absolute Gasteiger partial charge is 0.256 e. The molecule has 0 amide bonds. The molecule has 0 unspecified atom stereocenters. The van der Waals surface area contributed by atoms with E-state index in [9.17, 15) is 4.79 Å². The van der Waals surface area contributed by atoms with Crippen LogP contribution in [0.15, 0.2) is 35.1 Å². The minimum Gasteiger partial charge on any atom is -0.390 e. The quantitative estimate of drug-likeness (QED) is 0.881. The summed E-state index contributed by atoms with van der Waals surface area (Å²) in [5.74, 6) is 0. The zero-order chi connectivity index (χ0) is 12.4. The van der Waals surface area contributed by atoms with Crippen LogP contribution in [0.5, 0.6) is 0 Å². The van der Waals surface area contributed by atoms with Gasteiger partial charge in [0.05, 0.1) is 16.7 Å². The first-order valence-corrected chi connectivity index (χ1v) is 5.66. The topological polar surface area (TPSA) is 53.1 Å². The molecule has 0 fully saturated rings. The van der Waals surface area contributed by atoms with E-state index >= 15 is 0 Å². The fourth-order valence-corrected chi connectivity index (χ4v) is 2.16. The molecule has 0 aliphatic carbocycles. The predicted molar refractivity (Wildman–Crippen MR) is 68.4 cm³/mol. The largest absolute Gasteiger partial charge is 0.390 e. The minimum atomic E-state index is -0.327. The Morgan fingerprint density at radius 1 is 1.12 bits per heavy atom. The Bertz CT molecular complexity index is 587. The second-order valence-corrected chi connectivity index (χ2v) is 4.30. The van der Waals surface area contributed by atoms with Gasteiger partial charge in [0.25, 0.3) is 5.56 Å². The van der Waals surface area contributed by atoms with Crippen molar-refractivity contribution in [1.82, 2.24) is 4.98 Å². The van der Waals surface area contributed by atoms with Gasteiger partial charge in [-0.25, -0.2) is 0 Å². The normalized spacial score (nSPS) is 10.5. The van der Waals surface area contributed by atoms with Crippen molar-refractivity contribution in [1.29, 1.82) is 0 Å². The van der Waals surface area contributed by atoms with Crippen LogP contribution in [-0.2, 0) is 6.61 Å². The number of pyridine rings is 1. The lowest BCUT2D eigenvalue weighted by Gasteiger charge is -2.06. The molecule has 0 aliphatic heterocycles. The molecule has 0 aliphatic rings. The van der Waals surface area contributed by atoms with Gasteiger partial charge in [-0.1, -0.05) is 29.3 Å². The van der Waals surface area contributed by atoms with Gasteiger partial charge in [0.15, 0.2) is 0 Å². The second kappa shape index (κ2) is 4.92. The summed E-state index contributed by atoms with van der Waals surface area (Å²) >= 11 is 12.0. The number of aliphatic hydroxyl groups excluding tert-OH is 1. The summed E-state index contributed by atoms with van der Waals surface area (Å²) in [4.78, 5) is 14.4. The monoisotopic (exact) mass is 269 g/mol. The van der Waals surface area contributed by atoms with E-state index in [0.29, 0.717) is 26.9 Å². The van der Waals surface area contributed by atoms with Crippen molar-refractivity contribution in [2.45, 2.75) is 6.61 Å². The van der Waals surface area contributed by atoms with E-state index in [4.69, 9.17) is 28.3 Å². The lowest BCUT2D eigenvalue weighted by Crippen LogP contribution is -2.11. The molecule has 0 spiro atoms. The standard InChI is InChI=1S/C12H9Cl2NO2/c13-9-2-1-3-10(14)11(9)8-5-4-7(6-16)15-12(8)17/h1-5,16H,6H2,(H,15,17). The molecule has 2 N–H and O–H groups in total. The van der Waals surface area contributed by atoms with Gasteiger partial charge in [0.1, 0.15) is 0 Å². The van der Waals surface area contributed by atoms with E-state index in [1.807, 2.05) is 0 Å². The van der Waals surface area contributed by atoms with Gasteiger partial charge in [-0.15, -0.1) is 0 Å². The van der Waals surface area contributed by atoms with E-state index in [1.54, 1.807) is 30.3 Å². The number of nitrogens with one attached hydrogen (secondary N) is 1. The molecule has 0 bridgehead atoms. The molecule has 1 heterocycles. The van der Waals surface area contributed by atoms with Crippen LogP contribution < -0.4 is 5.56 Å². The molecular formula is C12H9Cl2NO2. The number of aromatic amines is 1. The number of halogens is 2. The maximum atomic E-state index is 11.8. The molecule has 1 aromatic heterocycles. The Kier molecular flexibility index (Phi) is 3.52. The first-order chi connectivity index (χ1) is 8.13. The van der Waals surface area contributed by atoms with E-state index in [1.165, 1.54) is 0 Å². The van der Waals surface area contributed by atoms with Crippen LogP contribution in [0, 0.1) is 0 Å². The van der Waals surface area contributed by atoms with Crippen LogP contribution in [0.1, 0.15) is 5.69 Å². The summed E-state index contributed by atoms with van der Waals surface area (Å²) < 4.78 is 0. The summed E-state index contributed by atoms with van der Waals surface area (Å²) in [6.07, 6.45) is 0. The first kappa shape index (κ1) is 12.2. The van der Waals surface area contributed by atoms with E-state index < -0.39 is 0 Å². The van der Waals surface area contributed by atoms with Gasteiger partial charge in [-0.2, -0.15) is 0 Å². The van der Waals surface area contributed by atoms with E-state index in [-0.39, 0.29) is 12.2 Å². The number of hydrogen-bond donors (Lipinski definition) is 2. The van der Waals surface area contributed by atoms with Crippen molar-refractivity contribution in [2.75, 3.05) is 0 Å². The van der Waals surface area contributed by atoms with Gasteiger partial charge in [0.2, 0.25) is 0 Å². The zero-order valence-corrected chi connectivity index (χ0v) is 10.2. The molecule has 2 rings (SSSR count). The van der Waals surface area contributed by atoms with Gasteiger partial charge in [-0.3, -0.25) is 4.79 Å². The summed E-state index contributed by atoms with van der Waals surface area (Å²) in [5, 5.41) is 9.74. The van der Waals surface area contributed by atoms with Crippen LogP contribution in [0.25, 0.3) is 11.1 Å². The van der Waals surface area contributed by atoms with Crippen LogP contribution in [0.3, 0.4) is 0 Å². The highest BCUT2D eigenvalue weighted by atomic mass is 35.5. The molecule has 1 aromatic carbocycles. The van der Waals surface area contributed by atoms with Crippen LogP contribution in [-0.4, -0.2) is 10.1 Å². The third kappa shape index (κ3) is 2.36. The molecule has 17 heavy (non-hydrogen) atoms. The van der Waals surface area contributed by atoms with Crippen molar-refractivity contribution in [2.24, 2.45) is 0 Å². The maximum absolute atomic E-state index is 11.8. The molecule has 3 nitrogen and oxygen atoms in total. The second-order valence-electron chi connectivity index (χ2n) is 3.48. The highest BCUT2D eigenvalue weighted by molar-refractivity contribution is 6.39. The molecule has 0 atom stereocenters. The molecule has 2 aromatic rings. The fourth-order valence-electron chi connectivity index (χ4n) is 1.56. The Hall–Kier alpha value is -1.29. The third-order valence-corrected chi connectivity index (χ3v) is 3.00. The van der Waals surface area contributed by atoms with Gasteiger partial charge in [0, 0.05) is 16.8 Å². The summed E-state index contributed by atoms with van der Waals surface area (Å²) in [7, 11) is 0. The molecule has 88 valence electrons. The van der Waals surface area contributed by atoms with Crippen LogP contribution in [0.2, 0.25) is 10.0 Å². The minimum absolute atomic E-state index is 0.216. The maximum Gasteiger partial charge on any atom is 0.256 e. The Balaban J connectivity index is 2.65. The fraction of sp³-hybridized carbons (Fsp3) is 0.0833. The van der Waals surface area contributed by atoms with Crippen molar-refractivity contribution in [3.63, 3.8) is 0 Å². The van der Waals surface area contributed by atoms with Gasteiger partial charge < -0.3 is 10.1 Å². The zero-order valence-electron chi connectivity index (χ0n) is 8.71. The Labute approximate surface area is 108 Å². The summed E-state index contributed by atoms with van der Waals surface area (Å²) in [6.45, 7) is -0.216. The summed E-state index contributed by atoms with van der Waals surface area (Å²) in [6, 6.07) is 8.27. The number of aliphatic hydroxyl groups is 1. The first-order valence-electron chi connectivity index (χ1n) is 4.91. The van der Waals surface area contributed by atoms with Crippen molar-refractivity contribution in [3.05, 3.63) is 56.4 Å². The van der Waals surface area contributed by atoms with Crippen molar-refractivity contribution >= 4 is 23.2 Å². The van der Waals surface area contributed by atoms with E-state index in [0.717, 1.165) is 0 Å². The number of rotatable bonds is 2. The number of aromatic nitrogens is 1. The number of benzene rings is 1. The van der Waals surface area contributed by atoms with Crippen LogP contribution >= 0.6 is 23.2 Å². The van der Waals surface area contributed by atoms with Gasteiger partial charge >= 0.3 is 0 Å². The summed E-state index contributed by atoms with van der Waals surface area (Å²) in [5.41, 5.74) is 1.01. The number of H-pyrrole nitrogens is 1. The predicted octanol–water partition coefficient (Wildman–Crippen LogP) is 2.84. The average Bonchev–Trinajstić information content (AvgIpc) is 2.30. The van der Waals surface area contributed by atoms with Crippen LogP contribution in [0.4, 0.5) is 0 Å². The molecule has 5 heteroatoms. The highest BCUT2D eigenvalue weighted by Crippen LogP contribution is 2.32. The van der Waals surface area contributed by atoms with Crippen molar-refractivity contribution in [3.8, 4) is 11.1 Å². The molecule has 0 saturated carbocycles. The highest BCUT2D eigenvalue weighted by Gasteiger charge is 2.11. The lowest BCUT2D eigenvalue weighted by atomic mass is 10.1. The van der Waals surface area contributed by atoms with E-state index in [2.05, 4.69) is 4.98 Å². The molecular weight excluding hydrogens is 261 g/mol.